The van der Waals surface area contributed by atoms with Gasteiger partial charge in [-0.15, -0.1) is 10.2 Å². The lowest BCUT2D eigenvalue weighted by molar-refractivity contribution is 0.588. The van der Waals surface area contributed by atoms with Crippen LogP contribution in [0.2, 0.25) is 0 Å². The molecule has 16 heavy (non-hydrogen) atoms. The van der Waals surface area contributed by atoms with Gasteiger partial charge in [0.1, 0.15) is 0 Å². The Labute approximate surface area is 117 Å². The molecule has 9 heteroatoms. The Hall–Kier alpha value is 0.0100. The third-order valence-electron chi connectivity index (χ3n) is 1.83. The van der Waals surface area contributed by atoms with Crippen LogP contribution in [-0.2, 0) is 9.84 Å². The molecule has 5 nitrogen and oxygen atoms in total. The van der Waals surface area contributed by atoms with Gasteiger partial charge in [-0.1, -0.05) is 6.07 Å². The molecular weight excluding hydrogens is 430 g/mol. The molecule has 0 fully saturated rings. The molecular formula is C7H4Br3N3O2S. The zero-order chi connectivity index (χ0) is 12.0. The van der Waals surface area contributed by atoms with Crippen LogP contribution in [0.1, 0.15) is 0 Å². The molecule has 0 atom stereocenters. The highest BCUT2D eigenvalue weighted by atomic mass is 80.0. The first-order valence-electron chi connectivity index (χ1n) is 3.95. The van der Waals surface area contributed by atoms with Gasteiger partial charge < -0.3 is 0 Å². The van der Waals surface area contributed by atoms with Crippen molar-refractivity contribution in [3.8, 4) is 0 Å². The lowest BCUT2D eigenvalue weighted by Crippen LogP contribution is -2.20. The molecule has 0 aliphatic rings. The van der Waals surface area contributed by atoms with E-state index in [9.17, 15) is 8.42 Å². The highest BCUT2D eigenvalue weighted by molar-refractivity contribution is 9.42. The topological polar surface area (TPSA) is 64.3 Å². The molecule has 0 unspecified atom stereocenters. The van der Waals surface area contributed by atoms with Gasteiger partial charge in [0, 0.05) is 6.20 Å². The lowest BCUT2D eigenvalue weighted by Gasteiger charge is -2.11. The summed E-state index contributed by atoms with van der Waals surface area (Å²) in [7, 11) is -3.72. The van der Waals surface area contributed by atoms with Crippen LogP contribution in [0.15, 0.2) is 29.6 Å². The van der Waals surface area contributed by atoms with Crippen molar-refractivity contribution in [3.05, 3.63) is 24.4 Å². The van der Waals surface area contributed by atoms with Gasteiger partial charge >= 0.3 is 0 Å². The summed E-state index contributed by atoms with van der Waals surface area (Å²) in [6, 6.07) is 5.13. The van der Waals surface area contributed by atoms with Gasteiger partial charge in [0.05, 0.1) is 0 Å². The number of nitrogens with zero attached hydrogens (tertiary/aromatic N) is 3. The molecule has 2 rings (SSSR count). The van der Waals surface area contributed by atoms with E-state index in [1.807, 2.05) is 0 Å². The van der Waals surface area contributed by atoms with Gasteiger partial charge in [0.15, 0.2) is 5.65 Å². The van der Waals surface area contributed by atoms with Crippen molar-refractivity contribution >= 4 is 63.3 Å². The van der Waals surface area contributed by atoms with Crippen LogP contribution in [0.4, 0.5) is 0 Å². The molecule has 86 valence electrons. The van der Waals surface area contributed by atoms with Crippen molar-refractivity contribution in [1.82, 2.24) is 14.6 Å². The van der Waals surface area contributed by atoms with E-state index in [1.54, 1.807) is 24.4 Å². The minimum absolute atomic E-state index is 0.145. The fraction of sp³-hybridized carbons (Fsp3) is 0.143. The summed E-state index contributed by atoms with van der Waals surface area (Å²) < 4.78 is 24.1. The first-order chi connectivity index (χ1) is 7.34. The van der Waals surface area contributed by atoms with Crippen molar-refractivity contribution in [2.24, 2.45) is 0 Å². The van der Waals surface area contributed by atoms with Crippen LogP contribution >= 0.6 is 47.8 Å². The van der Waals surface area contributed by atoms with E-state index in [0.29, 0.717) is 5.65 Å². The molecule has 2 aromatic rings. The van der Waals surface area contributed by atoms with Gasteiger partial charge in [-0.3, -0.25) is 4.40 Å². The summed E-state index contributed by atoms with van der Waals surface area (Å²) in [5, 5.41) is 7.29. The van der Waals surface area contributed by atoms with Crippen molar-refractivity contribution in [2.45, 2.75) is 6.63 Å². The zero-order valence-corrected chi connectivity index (χ0v) is 13.1. The molecule has 2 heterocycles. The maximum atomic E-state index is 12.1. The van der Waals surface area contributed by atoms with Crippen molar-refractivity contribution in [3.63, 3.8) is 0 Å². The Kier molecular flexibility index (Phi) is 3.15. The second kappa shape index (κ2) is 4.04. The third-order valence-corrected chi connectivity index (χ3v) is 7.03. The molecule has 0 spiro atoms. The number of halogens is 3. The van der Waals surface area contributed by atoms with E-state index in [-0.39, 0.29) is 5.16 Å². The minimum atomic E-state index is -3.72. The van der Waals surface area contributed by atoms with Gasteiger partial charge in [-0.25, -0.2) is 8.42 Å². The minimum Gasteiger partial charge on any atom is -0.273 e. The van der Waals surface area contributed by atoms with E-state index in [1.165, 1.54) is 4.40 Å². The Balaban J connectivity index is 2.75. The van der Waals surface area contributed by atoms with E-state index in [2.05, 4.69) is 58.0 Å². The van der Waals surface area contributed by atoms with Crippen LogP contribution in [-0.4, -0.2) is 24.5 Å². The molecule has 0 radical (unpaired) electrons. The molecule has 0 aliphatic carbocycles. The summed E-state index contributed by atoms with van der Waals surface area (Å²) in [6.45, 7) is 0. The molecule has 0 saturated heterocycles. The fourth-order valence-corrected chi connectivity index (χ4v) is 3.18. The number of alkyl halides is 3. The second-order valence-corrected chi connectivity index (χ2v) is 13.2. The van der Waals surface area contributed by atoms with Crippen LogP contribution in [0.25, 0.3) is 5.65 Å². The molecule has 0 bridgehead atoms. The average molecular weight is 434 g/mol. The van der Waals surface area contributed by atoms with Crippen LogP contribution in [0, 0.1) is 0 Å². The molecule has 0 amide bonds. The molecule has 0 aromatic carbocycles. The molecule has 2 aromatic heterocycles. The number of sulfone groups is 1. The average Bonchev–Trinajstić information content (AvgIpc) is 2.59. The molecule has 0 N–H and O–H groups in total. The highest BCUT2D eigenvalue weighted by Gasteiger charge is 2.41. The van der Waals surface area contributed by atoms with Gasteiger partial charge in [-0.05, 0) is 59.9 Å². The predicted molar refractivity (Wildman–Crippen MR) is 69.7 cm³/mol. The summed E-state index contributed by atoms with van der Waals surface area (Å²) in [6.07, 6.45) is 1.58. The number of pyridine rings is 1. The zero-order valence-electron chi connectivity index (χ0n) is 7.51. The number of hydrogen-bond acceptors (Lipinski definition) is 4. The maximum Gasteiger partial charge on any atom is 0.257 e. The summed E-state index contributed by atoms with van der Waals surface area (Å²) in [5.74, 6) is 0. The van der Waals surface area contributed by atoms with E-state index < -0.39 is 11.3 Å². The van der Waals surface area contributed by atoms with Gasteiger partial charge in [0.2, 0.25) is 11.3 Å². The summed E-state index contributed by atoms with van der Waals surface area (Å²) >= 11 is 8.91. The number of aromatic nitrogens is 3. The maximum absolute atomic E-state index is 12.1. The quantitative estimate of drug-likeness (QED) is 0.647. The van der Waals surface area contributed by atoms with Crippen molar-refractivity contribution < 1.29 is 8.42 Å². The summed E-state index contributed by atoms with van der Waals surface area (Å²) in [5.41, 5.74) is 0.470. The van der Waals surface area contributed by atoms with Crippen LogP contribution < -0.4 is 0 Å². The largest absolute Gasteiger partial charge is 0.273 e. The van der Waals surface area contributed by atoms with E-state index in [4.69, 9.17) is 0 Å². The first-order valence-corrected chi connectivity index (χ1v) is 7.81. The monoisotopic (exact) mass is 431 g/mol. The number of rotatable bonds is 1. The molecule has 0 saturated carbocycles. The van der Waals surface area contributed by atoms with Gasteiger partial charge in [0.25, 0.3) is 5.16 Å². The number of hydrogen-bond donors (Lipinski definition) is 0. The highest BCUT2D eigenvalue weighted by Crippen LogP contribution is 2.42. The Morgan fingerprint density at radius 1 is 1.19 bits per heavy atom. The van der Waals surface area contributed by atoms with Gasteiger partial charge in [-0.2, -0.15) is 0 Å². The Morgan fingerprint density at radius 2 is 1.88 bits per heavy atom. The van der Waals surface area contributed by atoms with E-state index in [0.717, 1.165) is 0 Å². The first kappa shape index (κ1) is 12.5. The van der Waals surface area contributed by atoms with Crippen LogP contribution in [0.3, 0.4) is 0 Å². The molecule has 0 aliphatic heterocycles. The normalized spacial score (nSPS) is 13.2. The van der Waals surface area contributed by atoms with E-state index >= 15 is 0 Å². The van der Waals surface area contributed by atoms with Crippen molar-refractivity contribution in [2.75, 3.05) is 0 Å². The lowest BCUT2D eigenvalue weighted by atomic mass is 10.5. The predicted octanol–water partition coefficient (Wildman–Crippen LogP) is 2.30. The van der Waals surface area contributed by atoms with Crippen LogP contribution in [0.5, 0.6) is 0 Å². The Morgan fingerprint density at radius 3 is 2.50 bits per heavy atom. The standard InChI is InChI=1S/C7H4Br3N3O2S/c8-7(9,10)16(14,15)6-12-11-5-3-1-2-4-13(5)6/h1-4H. The van der Waals surface area contributed by atoms with Crippen molar-refractivity contribution in [1.29, 1.82) is 0 Å². The SMILES string of the molecule is O=S(=O)(c1nnc2ccccn12)C(Br)(Br)Br. The summed E-state index contributed by atoms with van der Waals surface area (Å²) in [4.78, 5) is 0. The Bertz CT molecular complexity index is 632. The second-order valence-electron chi connectivity index (χ2n) is 2.86. The smallest absolute Gasteiger partial charge is 0.257 e. The number of fused-ring (bicyclic) bond motifs is 1. The fourth-order valence-electron chi connectivity index (χ4n) is 1.11. The third kappa shape index (κ3) is 1.93.